The van der Waals surface area contributed by atoms with Gasteiger partial charge in [0, 0.05) is 6.20 Å². The molecule has 1 aromatic heterocycles. The quantitative estimate of drug-likeness (QED) is 0.432. The molecule has 1 N–H and O–H groups in total. The van der Waals surface area contributed by atoms with Crippen molar-refractivity contribution in [1.82, 2.24) is 10.3 Å². The number of hydrogen-bond donors (Lipinski definition) is 1. The molecule has 1 amide bonds. The average molecular weight is 193 g/mol. The van der Waals surface area contributed by atoms with E-state index in [1.54, 1.807) is 24.5 Å². The van der Waals surface area contributed by atoms with Gasteiger partial charge in [-0.2, -0.15) is 5.26 Å². The van der Waals surface area contributed by atoms with Crippen LogP contribution in [0.3, 0.4) is 0 Å². The van der Waals surface area contributed by atoms with Crippen molar-refractivity contribution in [2.45, 2.75) is 5.03 Å². The highest BCUT2D eigenvalue weighted by Crippen LogP contribution is 2.16. The number of nitrogens with zero attached hydrogens (tertiary/aromatic N) is 2. The van der Waals surface area contributed by atoms with Crippen LogP contribution in [-0.4, -0.2) is 17.1 Å². The van der Waals surface area contributed by atoms with Gasteiger partial charge in [0.1, 0.15) is 5.03 Å². The van der Waals surface area contributed by atoms with E-state index in [1.807, 2.05) is 11.6 Å². The summed E-state index contributed by atoms with van der Waals surface area (Å²) in [4.78, 5) is 15.2. The van der Waals surface area contributed by atoms with Crippen LogP contribution < -0.4 is 5.32 Å². The predicted molar refractivity (Wildman–Crippen MR) is 49.1 cm³/mol. The molecule has 0 atom stereocenters. The Kier molecular flexibility index (Phi) is 3.29. The third-order valence-corrected chi connectivity index (χ3v) is 2.09. The Labute approximate surface area is 80.0 Å². The summed E-state index contributed by atoms with van der Waals surface area (Å²) in [6.07, 6.45) is 5.01. The zero-order chi connectivity index (χ0) is 9.68. The van der Waals surface area contributed by atoms with E-state index in [0.717, 1.165) is 0 Å². The van der Waals surface area contributed by atoms with Gasteiger partial charge in [-0.05, 0) is 18.4 Å². The number of carbonyl (C=O) groups excluding carboxylic acids is 1. The normalized spacial score (nSPS) is 8.92. The van der Waals surface area contributed by atoms with E-state index < -0.39 is 5.91 Å². The van der Waals surface area contributed by atoms with E-state index >= 15 is 0 Å². The molecule has 0 saturated carbocycles. The summed E-state index contributed by atoms with van der Waals surface area (Å²) in [6, 6.07) is 3.29. The maximum atomic E-state index is 11.2. The molecule has 0 spiro atoms. The van der Waals surface area contributed by atoms with E-state index in [2.05, 4.69) is 4.98 Å². The predicted octanol–water partition coefficient (Wildman–Crippen LogP) is 1.01. The van der Waals surface area contributed by atoms with Crippen LogP contribution >= 0.6 is 11.8 Å². The Morgan fingerprint density at radius 3 is 3.15 bits per heavy atom. The maximum Gasteiger partial charge on any atom is 0.267 e. The van der Waals surface area contributed by atoms with E-state index in [9.17, 15) is 4.79 Å². The Hall–Kier alpha value is -1.54. The summed E-state index contributed by atoms with van der Waals surface area (Å²) in [5.41, 5.74) is 0.427. The van der Waals surface area contributed by atoms with Gasteiger partial charge in [-0.1, -0.05) is 0 Å². The second kappa shape index (κ2) is 4.48. The molecular formula is C8H7N3OS. The Balaban J connectivity index is 3.00. The minimum Gasteiger partial charge on any atom is -0.268 e. The van der Waals surface area contributed by atoms with Crippen LogP contribution in [0.25, 0.3) is 0 Å². The van der Waals surface area contributed by atoms with Crippen molar-refractivity contribution in [2.24, 2.45) is 0 Å². The van der Waals surface area contributed by atoms with Crippen molar-refractivity contribution in [2.75, 3.05) is 6.26 Å². The topological polar surface area (TPSA) is 65.8 Å². The lowest BCUT2D eigenvalue weighted by Gasteiger charge is -2.01. The number of amides is 1. The van der Waals surface area contributed by atoms with Crippen molar-refractivity contribution >= 4 is 17.7 Å². The van der Waals surface area contributed by atoms with Gasteiger partial charge in [-0.3, -0.25) is 10.1 Å². The van der Waals surface area contributed by atoms with Crippen LogP contribution in [0.4, 0.5) is 0 Å². The molecule has 0 aliphatic heterocycles. The second-order valence-corrected chi connectivity index (χ2v) is 2.92. The van der Waals surface area contributed by atoms with Crippen LogP contribution in [0.5, 0.6) is 0 Å². The maximum absolute atomic E-state index is 11.2. The van der Waals surface area contributed by atoms with Crippen molar-refractivity contribution in [3.63, 3.8) is 0 Å². The number of carbonyl (C=O) groups is 1. The highest BCUT2D eigenvalue weighted by molar-refractivity contribution is 7.98. The Bertz CT molecular complexity index is 359. The fourth-order valence-electron chi connectivity index (χ4n) is 0.844. The number of aromatic nitrogens is 1. The van der Waals surface area contributed by atoms with Gasteiger partial charge < -0.3 is 0 Å². The molecule has 5 heteroatoms. The molecule has 0 saturated heterocycles. The standard InChI is InChI=1S/C8H7N3OS/c1-13-8-6(3-2-4-10-8)7(12)11-5-9/h2-4H,1H3,(H,11,12). The first kappa shape index (κ1) is 9.55. The zero-order valence-corrected chi connectivity index (χ0v) is 7.76. The molecular weight excluding hydrogens is 186 g/mol. The molecule has 13 heavy (non-hydrogen) atoms. The lowest BCUT2D eigenvalue weighted by Crippen LogP contribution is -2.18. The zero-order valence-electron chi connectivity index (χ0n) is 6.94. The smallest absolute Gasteiger partial charge is 0.267 e. The van der Waals surface area contributed by atoms with Crippen molar-refractivity contribution < 1.29 is 4.79 Å². The Morgan fingerprint density at radius 2 is 2.54 bits per heavy atom. The molecule has 4 nitrogen and oxygen atoms in total. The van der Waals surface area contributed by atoms with Crippen molar-refractivity contribution in [1.29, 1.82) is 5.26 Å². The van der Waals surface area contributed by atoms with Gasteiger partial charge in [-0.25, -0.2) is 4.98 Å². The van der Waals surface area contributed by atoms with Crippen molar-refractivity contribution in [3.05, 3.63) is 23.9 Å². The summed E-state index contributed by atoms with van der Waals surface area (Å²) in [6.45, 7) is 0. The highest BCUT2D eigenvalue weighted by atomic mass is 32.2. The molecule has 0 bridgehead atoms. The summed E-state index contributed by atoms with van der Waals surface area (Å²) < 4.78 is 0. The van der Waals surface area contributed by atoms with Crippen LogP contribution in [0.1, 0.15) is 10.4 Å². The first-order valence-electron chi connectivity index (χ1n) is 3.48. The minimum atomic E-state index is -0.417. The van der Waals surface area contributed by atoms with Gasteiger partial charge >= 0.3 is 0 Å². The molecule has 0 unspecified atom stereocenters. The van der Waals surface area contributed by atoms with E-state index in [4.69, 9.17) is 5.26 Å². The van der Waals surface area contributed by atoms with E-state index in [0.29, 0.717) is 10.6 Å². The fourth-order valence-corrected chi connectivity index (χ4v) is 1.39. The summed E-state index contributed by atoms with van der Waals surface area (Å²) >= 11 is 1.37. The number of rotatable bonds is 2. The molecule has 1 aromatic rings. The number of pyridine rings is 1. The first-order valence-corrected chi connectivity index (χ1v) is 4.70. The fraction of sp³-hybridized carbons (Fsp3) is 0.125. The van der Waals surface area contributed by atoms with Crippen molar-refractivity contribution in [3.8, 4) is 6.19 Å². The molecule has 1 heterocycles. The van der Waals surface area contributed by atoms with Crippen LogP contribution in [0.2, 0.25) is 0 Å². The first-order chi connectivity index (χ1) is 6.29. The van der Waals surface area contributed by atoms with Crippen LogP contribution in [-0.2, 0) is 0 Å². The molecule has 0 fully saturated rings. The number of nitrogens with one attached hydrogen (secondary N) is 1. The van der Waals surface area contributed by atoms with Crippen LogP contribution in [0, 0.1) is 11.5 Å². The highest BCUT2D eigenvalue weighted by Gasteiger charge is 2.09. The molecule has 0 radical (unpaired) electrons. The van der Waals surface area contributed by atoms with Gasteiger partial charge in [-0.15, -0.1) is 11.8 Å². The molecule has 0 aliphatic carbocycles. The monoisotopic (exact) mass is 193 g/mol. The number of hydrogen-bond acceptors (Lipinski definition) is 4. The van der Waals surface area contributed by atoms with Gasteiger partial charge in [0.15, 0.2) is 6.19 Å². The summed E-state index contributed by atoms with van der Waals surface area (Å²) in [7, 11) is 0. The van der Waals surface area contributed by atoms with E-state index in [1.165, 1.54) is 11.8 Å². The SMILES string of the molecule is CSc1ncccc1C(=O)NC#N. The minimum absolute atomic E-state index is 0.417. The second-order valence-electron chi connectivity index (χ2n) is 2.13. The Morgan fingerprint density at radius 1 is 1.77 bits per heavy atom. The summed E-state index contributed by atoms with van der Waals surface area (Å²) in [5.74, 6) is -0.417. The summed E-state index contributed by atoms with van der Waals surface area (Å²) in [5, 5.41) is 10.9. The van der Waals surface area contributed by atoms with Gasteiger partial charge in [0.25, 0.3) is 5.91 Å². The molecule has 1 rings (SSSR count). The molecule has 0 aromatic carbocycles. The third-order valence-electron chi connectivity index (χ3n) is 1.38. The largest absolute Gasteiger partial charge is 0.268 e. The number of thioether (sulfide) groups is 1. The molecule has 66 valence electrons. The lowest BCUT2D eigenvalue weighted by molar-refractivity contribution is 0.0969. The van der Waals surface area contributed by atoms with Gasteiger partial charge in [0.2, 0.25) is 0 Å². The molecule has 0 aliphatic rings. The van der Waals surface area contributed by atoms with Crippen LogP contribution in [0.15, 0.2) is 23.4 Å². The number of nitriles is 1. The lowest BCUT2D eigenvalue weighted by atomic mass is 10.3. The third kappa shape index (κ3) is 2.20. The average Bonchev–Trinajstić information content (AvgIpc) is 2.18. The van der Waals surface area contributed by atoms with Gasteiger partial charge in [0.05, 0.1) is 5.56 Å². The van der Waals surface area contributed by atoms with E-state index in [-0.39, 0.29) is 0 Å².